The molecule has 1 amide bonds. The van der Waals surface area contributed by atoms with Crippen LogP contribution >= 0.6 is 12.2 Å². The molecule has 108 valence electrons. The van der Waals surface area contributed by atoms with Crippen molar-refractivity contribution in [3.8, 4) is 11.5 Å². The molecule has 0 spiro atoms. The second kappa shape index (κ2) is 7.25. The average Bonchev–Trinajstić information content (AvgIpc) is 2.47. The van der Waals surface area contributed by atoms with Gasteiger partial charge in [-0.25, -0.2) is 4.79 Å². The highest BCUT2D eigenvalue weighted by Gasteiger charge is 2.05. The first kappa shape index (κ1) is 14.8. The van der Waals surface area contributed by atoms with Gasteiger partial charge in [0.05, 0.1) is 0 Å². The van der Waals surface area contributed by atoms with E-state index >= 15 is 0 Å². The Morgan fingerprint density at radius 1 is 1.05 bits per heavy atom. The van der Waals surface area contributed by atoms with Gasteiger partial charge in [-0.2, -0.15) is 0 Å². The molecule has 0 aliphatic heterocycles. The molecule has 0 fully saturated rings. The van der Waals surface area contributed by atoms with Crippen molar-refractivity contribution in [1.82, 2.24) is 0 Å². The molecule has 0 aliphatic rings. The molecular weight excluding hydrogens is 288 g/mol. The lowest BCUT2D eigenvalue weighted by molar-refractivity contribution is 0.215. The maximum absolute atomic E-state index is 11.7. The van der Waals surface area contributed by atoms with Gasteiger partial charge in [0.15, 0.2) is 0 Å². The molecule has 5 nitrogen and oxygen atoms in total. The minimum atomic E-state index is -0.557. The summed E-state index contributed by atoms with van der Waals surface area (Å²) in [6.45, 7) is 0.179. The molecule has 6 heteroatoms. The summed E-state index contributed by atoms with van der Waals surface area (Å²) in [6, 6.07) is 15.6. The number of anilines is 1. The summed E-state index contributed by atoms with van der Waals surface area (Å²) < 4.78 is 10.4. The molecule has 0 saturated heterocycles. The van der Waals surface area contributed by atoms with E-state index in [1.54, 1.807) is 48.5 Å². The summed E-state index contributed by atoms with van der Waals surface area (Å²) >= 11 is 4.72. The van der Waals surface area contributed by atoms with E-state index in [1.165, 1.54) is 0 Å². The van der Waals surface area contributed by atoms with Crippen molar-refractivity contribution in [2.24, 2.45) is 5.73 Å². The second-order valence-corrected chi connectivity index (χ2v) is 4.63. The average molecular weight is 302 g/mol. The smallest absolute Gasteiger partial charge is 0.417 e. The van der Waals surface area contributed by atoms with Crippen molar-refractivity contribution >= 4 is 29.0 Å². The number of ether oxygens (including phenoxy) is 2. The fraction of sp³-hybridized carbons (Fsp3) is 0.0667. The van der Waals surface area contributed by atoms with Crippen LogP contribution in [0.4, 0.5) is 10.5 Å². The Kier molecular flexibility index (Phi) is 5.11. The molecule has 0 heterocycles. The quantitative estimate of drug-likeness (QED) is 0.831. The van der Waals surface area contributed by atoms with E-state index in [2.05, 4.69) is 5.32 Å². The van der Waals surface area contributed by atoms with Crippen LogP contribution in [0, 0.1) is 0 Å². The van der Waals surface area contributed by atoms with Crippen molar-refractivity contribution < 1.29 is 14.3 Å². The minimum Gasteiger partial charge on any atom is -0.487 e. The molecule has 2 aromatic carbocycles. The zero-order chi connectivity index (χ0) is 15.1. The van der Waals surface area contributed by atoms with Gasteiger partial charge in [-0.05, 0) is 36.4 Å². The number of nitrogens with one attached hydrogen (secondary N) is 1. The number of para-hydroxylation sites is 1. The van der Waals surface area contributed by atoms with Crippen LogP contribution in [0.25, 0.3) is 0 Å². The molecule has 2 rings (SSSR count). The highest BCUT2D eigenvalue weighted by molar-refractivity contribution is 7.80. The van der Waals surface area contributed by atoms with Gasteiger partial charge in [0.25, 0.3) is 0 Å². The van der Waals surface area contributed by atoms with Crippen molar-refractivity contribution in [2.45, 2.75) is 0 Å². The highest BCUT2D eigenvalue weighted by atomic mass is 32.1. The normalized spacial score (nSPS) is 9.71. The van der Waals surface area contributed by atoms with Crippen molar-refractivity contribution in [1.29, 1.82) is 0 Å². The largest absolute Gasteiger partial charge is 0.487 e. The van der Waals surface area contributed by atoms with E-state index in [0.717, 1.165) is 0 Å². The van der Waals surface area contributed by atoms with Gasteiger partial charge in [-0.3, -0.25) is 5.32 Å². The Morgan fingerprint density at radius 2 is 1.71 bits per heavy atom. The van der Waals surface area contributed by atoms with E-state index in [9.17, 15) is 4.79 Å². The lowest BCUT2D eigenvalue weighted by Gasteiger charge is -2.08. The second-order valence-electron chi connectivity index (χ2n) is 4.11. The Bertz CT molecular complexity index is 615. The zero-order valence-corrected chi connectivity index (χ0v) is 11.9. The molecule has 0 radical (unpaired) electrons. The van der Waals surface area contributed by atoms with Crippen LogP contribution < -0.4 is 20.5 Å². The third kappa shape index (κ3) is 5.12. The molecule has 0 bridgehead atoms. The number of carbonyl (C=O) groups is 1. The van der Waals surface area contributed by atoms with Gasteiger partial charge >= 0.3 is 6.09 Å². The number of thiocarbonyl (C=S) groups is 1. The van der Waals surface area contributed by atoms with Gasteiger partial charge in [0, 0.05) is 5.69 Å². The maximum Gasteiger partial charge on any atom is 0.417 e. The van der Waals surface area contributed by atoms with Crippen LogP contribution in [-0.2, 0) is 0 Å². The number of amides is 1. The van der Waals surface area contributed by atoms with Gasteiger partial charge in [0.2, 0.25) is 0 Å². The lowest BCUT2D eigenvalue weighted by Crippen LogP contribution is -2.18. The van der Waals surface area contributed by atoms with E-state index in [1.807, 2.05) is 6.07 Å². The van der Waals surface area contributed by atoms with Gasteiger partial charge in [-0.15, -0.1) is 0 Å². The van der Waals surface area contributed by atoms with Crippen LogP contribution in [-0.4, -0.2) is 17.7 Å². The summed E-state index contributed by atoms with van der Waals surface area (Å²) in [6.07, 6.45) is -0.557. The third-order valence-corrected chi connectivity index (χ3v) is 2.55. The molecule has 2 aromatic rings. The first-order chi connectivity index (χ1) is 10.1. The van der Waals surface area contributed by atoms with Crippen LogP contribution in [0.3, 0.4) is 0 Å². The zero-order valence-electron chi connectivity index (χ0n) is 11.1. The molecule has 0 atom stereocenters. The summed E-state index contributed by atoms with van der Waals surface area (Å²) in [5.41, 5.74) is 5.94. The predicted molar refractivity (Wildman–Crippen MR) is 84.8 cm³/mol. The first-order valence-corrected chi connectivity index (χ1v) is 6.59. The molecule has 0 saturated carbocycles. The van der Waals surface area contributed by atoms with Crippen molar-refractivity contribution in [3.63, 3.8) is 0 Å². The fourth-order valence-corrected chi connectivity index (χ4v) is 1.59. The lowest BCUT2D eigenvalue weighted by atomic mass is 10.3. The fourth-order valence-electron chi connectivity index (χ4n) is 1.53. The molecule has 0 aromatic heterocycles. The summed E-state index contributed by atoms with van der Waals surface area (Å²) in [4.78, 5) is 12.0. The van der Waals surface area contributed by atoms with Crippen LogP contribution in [0.15, 0.2) is 54.6 Å². The van der Waals surface area contributed by atoms with Gasteiger partial charge < -0.3 is 15.2 Å². The first-order valence-electron chi connectivity index (χ1n) is 6.18. The summed E-state index contributed by atoms with van der Waals surface area (Å²) in [7, 11) is 0. The predicted octanol–water partition coefficient (Wildman–Crippen LogP) is 2.96. The standard InChI is InChI=1S/C15H14N2O3S/c16-14(21)10-19-12-8-6-11(7-9-12)17-15(18)20-13-4-2-1-3-5-13/h1-9H,10H2,(H2,16,21)(H,17,18). The van der Waals surface area contributed by atoms with E-state index in [0.29, 0.717) is 17.2 Å². The number of rotatable bonds is 5. The Balaban J connectivity index is 1.88. The van der Waals surface area contributed by atoms with Crippen LogP contribution in [0.5, 0.6) is 11.5 Å². The number of hydrogen-bond donors (Lipinski definition) is 2. The topological polar surface area (TPSA) is 73.6 Å². The molecule has 3 N–H and O–H groups in total. The highest BCUT2D eigenvalue weighted by Crippen LogP contribution is 2.16. The Hall–Kier alpha value is -2.60. The molecular formula is C15H14N2O3S. The Labute approximate surface area is 127 Å². The number of hydrogen-bond acceptors (Lipinski definition) is 4. The monoisotopic (exact) mass is 302 g/mol. The van der Waals surface area contributed by atoms with Crippen molar-refractivity contribution in [3.05, 3.63) is 54.6 Å². The third-order valence-electron chi connectivity index (χ3n) is 2.44. The maximum atomic E-state index is 11.7. The summed E-state index contributed by atoms with van der Waals surface area (Å²) in [5, 5.41) is 2.62. The van der Waals surface area contributed by atoms with Gasteiger partial charge in [0.1, 0.15) is 23.1 Å². The van der Waals surface area contributed by atoms with Crippen LogP contribution in [0.2, 0.25) is 0 Å². The van der Waals surface area contributed by atoms with Crippen LogP contribution in [0.1, 0.15) is 0 Å². The molecule has 0 aliphatic carbocycles. The minimum absolute atomic E-state index is 0.179. The van der Waals surface area contributed by atoms with Crippen molar-refractivity contribution in [2.75, 3.05) is 11.9 Å². The number of benzene rings is 2. The number of nitrogens with two attached hydrogens (primary N) is 1. The SMILES string of the molecule is NC(=S)COc1ccc(NC(=O)Oc2ccccc2)cc1. The number of carbonyl (C=O) groups excluding carboxylic acids is 1. The van der Waals surface area contributed by atoms with E-state index < -0.39 is 6.09 Å². The Morgan fingerprint density at radius 3 is 2.33 bits per heavy atom. The van der Waals surface area contributed by atoms with E-state index in [-0.39, 0.29) is 11.6 Å². The molecule has 21 heavy (non-hydrogen) atoms. The summed E-state index contributed by atoms with van der Waals surface area (Å²) in [5.74, 6) is 1.09. The molecule has 0 unspecified atom stereocenters. The van der Waals surface area contributed by atoms with Gasteiger partial charge in [-0.1, -0.05) is 30.4 Å². The van der Waals surface area contributed by atoms with E-state index in [4.69, 9.17) is 27.4 Å².